The molecule has 168 valence electrons. The second-order valence-electron chi connectivity index (χ2n) is 7.59. The van der Waals surface area contributed by atoms with E-state index in [-0.39, 0.29) is 5.56 Å². The fourth-order valence-corrected chi connectivity index (χ4v) is 3.59. The Balaban J connectivity index is 1.40. The number of anilines is 2. The second kappa shape index (κ2) is 9.60. The van der Waals surface area contributed by atoms with E-state index in [4.69, 9.17) is 0 Å². The molecule has 3 aromatic rings. The Kier molecular flexibility index (Phi) is 6.63. The third-order valence-electron chi connectivity index (χ3n) is 5.18. The van der Waals surface area contributed by atoms with Crippen molar-refractivity contribution < 1.29 is 18.3 Å². The topological polar surface area (TPSA) is 86.2 Å². The van der Waals surface area contributed by atoms with Crippen molar-refractivity contribution in [1.82, 2.24) is 25.2 Å². The maximum absolute atomic E-state index is 12.3. The van der Waals surface area contributed by atoms with Gasteiger partial charge in [0.05, 0.1) is 12.2 Å². The van der Waals surface area contributed by atoms with Crippen molar-refractivity contribution in [3.05, 3.63) is 77.4 Å². The lowest BCUT2D eigenvalue weighted by Crippen LogP contribution is -2.32. The fraction of sp³-hybridized carbons (Fsp3) is 0.318. The molecular weight excluding hydrogens is 421 g/mol. The first kappa shape index (κ1) is 22.1. The van der Waals surface area contributed by atoms with Gasteiger partial charge in [-0.05, 0) is 24.1 Å². The second-order valence-corrected chi connectivity index (χ2v) is 7.59. The highest BCUT2D eigenvalue weighted by atomic mass is 19.4. The van der Waals surface area contributed by atoms with E-state index in [1.54, 1.807) is 6.07 Å². The van der Waals surface area contributed by atoms with Crippen molar-refractivity contribution in [2.24, 2.45) is 0 Å². The van der Waals surface area contributed by atoms with Crippen molar-refractivity contribution >= 4 is 11.6 Å². The summed E-state index contributed by atoms with van der Waals surface area (Å²) >= 11 is 0. The largest absolute Gasteiger partial charge is 0.401 e. The van der Waals surface area contributed by atoms with Gasteiger partial charge < -0.3 is 10.4 Å². The van der Waals surface area contributed by atoms with Crippen molar-refractivity contribution in [3.63, 3.8) is 0 Å². The lowest BCUT2D eigenvalue weighted by molar-refractivity contribution is -0.131. The molecule has 0 spiro atoms. The number of nitrogens with zero attached hydrogens (tertiary/aromatic N) is 4. The van der Waals surface area contributed by atoms with Crippen LogP contribution in [0.5, 0.6) is 0 Å². The molecule has 0 radical (unpaired) electrons. The van der Waals surface area contributed by atoms with Gasteiger partial charge in [-0.25, -0.2) is 15.0 Å². The summed E-state index contributed by atoms with van der Waals surface area (Å²) in [5, 5.41) is 15.0. The third-order valence-corrected chi connectivity index (χ3v) is 5.18. The number of fused-ring (bicyclic) bond motifs is 1. The number of aromatic nitrogens is 3. The average molecular weight is 444 g/mol. The van der Waals surface area contributed by atoms with Gasteiger partial charge in [0, 0.05) is 37.0 Å². The molecule has 3 N–H and O–H groups in total. The minimum Gasteiger partial charge on any atom is -0.374 e. The minimum absolute atomic E-state index is 0.237. The summed E-state index contributed by atoms with van der Waals surface area (Å²) in [5.74, 6) is 1.13. The van der Waals surface area contributed by atoms with Crippen LogP contribution in [0.4, 0.5) is 24.8 Å². The number of hydrogen-bond donors (Lipinski definition) is 3. The van der Waals surface area contributed by atoms with Gasteiger partial charge in [0.2, 0.25) is 0 Å². The molecule has 0 aliphatic carbocycles. The smallest absolute Gasteiger partial charge is 0.374 e. The standard InChI is InChI=1S/C22H23F3N6O/c23-22(24,25)13-27-21(32)16-6-7-19(26-10-16)30-20-17-8-9-31(12-18(17)28-14-29-20)11-15-4-2-1-3-5-15/h1-7,10,14,21,27,32H,8-9,11-13H2,(H,26,28,29,30). The molecule has 0 saturated carbocycles. The number of nitrogens with one attached hydrogen (secondary N) is 2. The minimum atomic E-state index is -4.40. The van der Waals surface area contributed by atoms with E-state index in [0.717, 1.165) is 30.8 Å². The molecule has 1 aromatic carbocycles. The van der Waals surface area contributed by atoms with Crippen LogP contribution in [0.2, 0.25) is 0 Å². The Bertz CT molecular complexity index is 1030. The molecule has 32 heavy (non-hydrogen) atoms. The molecule has 0 bridgehead atoms. The summed E-state index contributed by atoms with van der Waals surface area (Å²) in [6.45, 7) is 1.14. The number of benzene rings is 1. The first-order valence-corrected chi connectivity index (χ1v) is 10.2. The first-order chi connectivity index (χ1) is 15.4. The summed E-state index contributed by atoms with van der Waals surface area (Å²) in [7, 11) is 0. The summed E-state index contributed by atoms with van der Waals surface area (Å²) in [6, 6.07) is 13.4. The molecule has 2 aromatic heterocycles. The molecule has 3 heterocycles. The van der Waals surface area contributed by atoms with Crippen LogP contribution in [0.1, 0.15) is 28.6 Å². The van der Waals surface area contributed by atoms with E-state index in [9.17, 15) is 18.3 Å². The first-order valence-electron chi connectivity index (χ1n) is 10.2. The highest BCUT2D eigenvalue weighted by Crippen LogP contribution is 2.26. The van der Waals surface area contributed by atoms with Gasteiger partial charge in [-0.3, -0.25) is 10.2 Å². The Morgan fingerprint density at radius 2 is 1.88 bits per heavy atom. The third kappa shape index (κ3) is 5.78. The SMILES string of the molecule is OC(NCC(F)(F)F)c1ccc(Nc2ncnc3c2CCN(Cc2ccccc2)C3)nc1. The summed E-state index contributed by atoms with van der Waals surface area (Å²) in [6.07, 6.45) is -2.25. The average Bonchev–Trinajstić information content (AvgIpc) is 2.78. The van der Waals surface area contributed by atoms with Gasteiger partial charge in [0.1, 0.15) is 24.2 Å². The molecule has 1 aliphatic rings. The molecule has 0 fully saturated rings. The van der Waals surface area contributed by atoms with Crippen LogP contribution in [-0.2, 0) is 19.5 Å². The van der Waals surface area contributed by atoms with Crippen LogP contribution in [0.25, 0.3) is 0 Å². The summed E-state index contributed by atoms with van der Waals surface area (Å²) in [5.41, 5.74) is 3.46. The van der Waals surface area contributed by atoms with Gasteiger partial charge >= 0.3 is 6.18 Å². The van der Waals surface area contributed by atoms with Crippen molar-refractivity contribution in [2.45, 2.75) is 31.9 Å². The van der Waals surface area contributed by atoms with E-state index in [2.05, 4.69) is 37.3 Å². The van der Waals surface area contributed by atoms with Gasteiger partial charge in [-0.2, -0.15) is 13.2 Å². The predicted molar refractivity (Wildman–Crippen MR) is 113 cm³/mol. The maximum Gasteiger partial charge on any atom is 0.401 e. The molecule has 10 heteroatoms. The van der Waals surface area contributed by atoms with Gasteiger partial charge in [0.15, 0.2) is 0 Å². The molecule has 7 nitrogen and oxygen atoms in total. The fourth-order valence-electron chi connectivity index (χ4n) is 3.59. The summed E-state index contributed by atoms with van der Waals surface area (Å²) < 4.78 is 36.9. The van der Waals surface area contributed by atoms with E-state index in [1.165, 1.54) is 24.2 Å². The predicted octanol–water partition coefficient (Wildman–Crippen LogP) is 3.32. The highest BCUT2D eigenvalue weighted by Gasteiger charge is 2.28. The molecule has 0 amide bonds. The van der Waals surface area contributed by atoms with Crippen LogP contribution in [0.3, 0.4) is 0 Å². The number of hydrogen-bond acceptors (Lipinski definition) is 7. The lowest BCUT2D eigenvalue weighted by atomic mass is 10.0. The van der Waals surface area contributed by atoms with E-state index < -0.39 is 18.9 Å². The Hall–Kier alpha value is -3.08. The molecule has 1 atom stereocenters. The van der Waals surface area contributed by atoms with Crippen LogP contribution in [0.15, 0.2) is 55.0 Å². The van der Waals surface area contributed by atoms with Crippen molar-refractivity contribution in [3.8, 4) is 0 Å². The maximum atomic E-state index is 12.3. The van der Waals surface area contributed by atoms with Crippen LogP contribution in [-0.4, -0.2) is 44.2 Å². The Labute approximate surface area is 183 Å². The van der Waals surface area contributed by atoms with Crippen LogP contribution < -0.4 is 10.6 Å². The normalized spacial score (nSPS) is 15.2. The zero-order valence-corrected chi connectivity index (χ0v) is 17.2. The lowest BCUT2D eigenvalue weighted by Gasteiger charge is -2.28. The zero-order valence-electron chi connectivity index (χ0n) is 17.2. The number of aliphatic hydroxyl groups excluding tert-OH is 1. The van der Waals surface area contributed by atoms with E-state index >= 15 is 0 Å². The molecule has 1 aliphatic heterocycles. The van der Waals surface area contributed by atoms with Gasteiger partial charge in [0.25, 0.3) is 0 Å². The van der Waals surface area contributed by atoms with Crippen LogP contribution >= 0.6 is 0 Å². The van der Waals surface area contributed by atoms with E-state index in [1.807, 2.05) is 23.5 Å². The summed E-state index contributed by atoms with van der Waals surface area (Å²) in [4.78, 5) is 15.3. The number of aliphatic hydroxyl groups is 1. The number of pyridine rings is 1. The number of rotatable bonds is 7. The molecule has 0 saturated heterocycles. The van der Waals surface area contributed by atoms with Crippen molar-refractivity contribution in [2.75, 3.05) is 18.4 Å². The van der Waals surface area contributed by atoms with Gasteiger partial charge in [-0.15, -0.1) is 0 Å². The Morgan fingerprint density at radius 1 is 1.06 bits per heavy atom. The quantitative estimate of drug-likeness (QED) is 0.482. The molecule has 1 unspecified atom stereocenters. The Morgan fingerprint density at radius 3 is 2.59 bits per heavy atom. The number of halogens is 3. The molecule has 4 rings (SSSR count). The monoisotopic (exact) mass is 444 g/mol. The van der Waals surface area contributed by atoms with Crippen molar-refractivity contribution in [1.29, 1.82) is 0 Å². The van der Waals surface area contributed by atoms with Crippen LogP contribution in [0, 0.1) is 0 Å². The van der Waals surface area contributed by atoms with E-state index in [0.29, 0.717) is 18.2 Å². The zero-order chi connectivity index (χ0) is 22.6. The van der Waals surface area contributed by atoms with Gasteiger partial charge in [-0.1, -0.05) is 30.3 Å². The molecular formula is C22H23F3N6O. The highest BCUT2D eigenvalue weighted by molar-refractivity contribution is 5.57. The number of alkyl halides is 3.